The van der Waals surface area contributed by atoms with Gasteiger partial charge in [0.25, 0.3) is 0 Å². The second-order valence-electron chi connectivity index (χ2n) is 3.59. The third-order valence-corrected chi connectivity index (χ3v) is 2.47. The van der Waals surface area contributed by atoms with Crippen LogP contribution in [0.5, 0.6) is 0 Å². The van der Waals surface area contributed by atoms with Crippen LogP contribution in [0.15, 0.2) is 18.3 Å². The molecule has 1 N–H and O–H groups in total. The minimum absolute atomic E-state index is 0.270. The Hall–Kier alpha value is -1.38. The summed E-state index contributed by atoms with van der Waals surface area (Å²) >= 11 is 0. The van der Waals surface area contributed by atoms with E-state index in [0.717, 1.165) is 11.0 Å². The van der Waals surface area contributed by atoms with Gasteiger partial charge in [-0.15, -0.1) is 0 Å². The smallest absolute Gasteiger partial charge is 0.142 e. The standard InChI is InChI=1S/C10H9FN2/c11-8-3-7-4-9(6-1-2-6)13-10(7)12-5-8/h3-6H,1-2H2,(H,12,13). The monoisotopic (exact) mass is 176 g/mol. The minimum Gasteiger partial charge on any atom is -0.343 e. The van der Waals surface area contributed by atoms with Crippen molar-refractivity contribution in [3.63, 3.8) is 0 Å². The van der Waals surface area contributed by atoms with Gasteiger partial charge in [-0.05, 0) is 30.9 Å². The fourth-order valence-corrected chi connectivity index (χ4v) is 1.62. The summed E-state index contributed by atoms with van der Waals surface area (Å²) in [6.07, 6.45) is 3.74. The van der Waals surface area contributed by atoms with Crippen molar-refractivity contribution < 1.29 is 4.39 Å². The van der Waals surface area contributed by atoms with E-state index in [1.54, 1.807) is 0 Å². The molecule has 1 aliphatic rings. The first-order chi connectivity index (χ1) is 6.33. The van der Waals surface area contributed by atoms with Crippen molar-refractivity contribution in [2.45, 2.75) is 18.8 Å². The van der Waals surface area contributed by atoms with Gasteiger partial charge in [0.2, 0.25) is 0 Å². The first-order valence-corrected chi connectivity index (χ1v) is 4.47. The molecule has 0 unspecified atom stereocenters. The van der Waals surface area contributed by atoms with Crippen LogP contribution in [0.2, 0.25) is 0 Å². The lowest BCUT2D eigenvalue weighted by Crippen LogP contribution is -1.79. The summed E-state index contributed by atoms with van der Waals surface area (Å²) in [5.74, 6) is 0.395. The molecule has 0 amide bonds. The Morgan fingerprint density at radius 1 is 1.38 bits per heavy atom. The van der Waals surface area contributed by atoms with Crippen LogP contribution >= 0.6 is 0 Å². The number of halogens is 1. The van der Waals surface area contributed by atoms with E-state index in [2.05, 4.69) is 9.97 Å². The van der Waals surface area contributed by atoms with Gasteiger partial charge in [0.15, 0.2) is 0 Å². The lowest BCUT2D eigenvalue weighted by atomic mass is 10.2. The molecule has 1 aliphatic carbocycles. The molecule has 0 radical (unpaired) electrons. The van der Waals surface area contributed by atoms with Crippen LogP contribution in [0.3, 0.4) is 0 Å². The van der Waals surface area contributed by atoms with Crippen LogP contribution in [-0.4, -0.2) is 9.97 Å². The fourth-order valence-electron chi connectivity index (χ4n) is 1.62. The minimum atomic E-state index is -0.270. The summed E-state index contributed by atoms with van der Waals surface area (Å²) in [6, 6.07) is 3.52. The molecule has 2 heterocycles. The van der Waals surface area contributed by atoms with Gasteiger partial charge in [-0.25, -0.2) is 9.37 Å². The third-order valence-electron chi connectivity index (χ3n) is 2.47. The van der Waals surface area contributed by atoms with E-state index < -0.39 is 0 Å². The Kier molecular flexibility index (Phi) is 1.26. The van der Waals surface area contributed by atoms with Crippen LogP contribution in [-0.2, 0) is 0 Å². The van der Waals surface area contributed by atoms with Crippen molar-refractivity contribution >= 4 is 11.0 Å². The van der Waals surface area contributed by atoms with Gasteiger partial charge >= 0.3 is 0 Å². The zero-order valence-corrected chi connectivity index (χ0v) is 7.05. The molecule has 2 aromatic heterocycles. The Labute approximate surface area is 74.8 Å². The zero-order chi connectivity index (χ0) is 8.84. The Morgan fingerprint density at radius 3 is 3.00 bits per heavy atom. The van der Waals surface area contributed by atoms with Crippen molar-refractivity contribution in [1.29, 1.82) is 0 Å². The summed E-state index contributed by atoms with van der Waals surface area (Å²) in [5, 5.41) is 0.877. The largest absolute Gasteiger partial charge is 0.343 e. The third kappa shape index (κ3) is 1.11. The molecule has 0 atom stereocenters. The van der Waals surface area contributed by atoms with E-state index in [-0.39, 0.29) is 5.82 Å². The number of fused-ring (bicyclic) bond motifs is 1. The topological polar surface area (TPSA) is 28.7 Å². The van der Waals surface area contributed by atoms with Gasteiger partial charge in [-0.3, -0.25) is 0 Å². The number of H-pyrrole nitrogens is 1. The molecule has 0 spiro atoms. The van der Waals surface area contributed by atoms with E-state index in [1.165, 1.54) is 30.8 Å². The van der Waals surface area contributed by atoms with Crippen molar-refractivity contribution in [3.05, 3.63) is 29.8 Å². The average molecular weight is 176 g/mol. The van der Waals surface area contributed by atoms with E-state index in [9.17, 15) is 4.39 Å². The Morgan fingerprint density at radius 2 is 2.23 bits per heavy atom. The summed E-state index contributed by atoms with van der Waals surface area (Å²) in [7, 11) is 0. The molecule has 2 aromatic rings. The quantitative estimate of drug-likeness (QED) is 0.710. The molecule has 3 rings (SSSR count). The van der Waals surface area contributed by atoms with Crippen LogP contribution in [0.25, 0.3) is 11.0 Å². The number of pyridine rings is 1. The van der Waals surface area contributed by atoms with Crippen molar-refractivity contribution in [2.75, 3.05) is 0 Å². The molecular formula is C10H9FN2. The lowest BCUT2D eigenvalue weighted by Gasteiger charge is -1.87. The normalized spacial score (nSPS) is 16.7. The fraction of sp³-hybridized carbons (Fsp3) is 0.300. The second kappa shape index (κ2) is 2.31. The van der Waals surface area contributed by atoms with E-state index >= 15 is 0 Å². The van der Waals surface area contributed by atoms with Gasteiger partial charge in [-0.1, -0.05) is 0 Å². The average Bonchev–Trinajstić information content (AvgIpc) is 2.87. The van der Waals surface area contributed by atoms with E-state index in [1.807, 2.05) is 6.07 Å². The number of nitrogens with zero attached hydrogens (tertiary/aromatic N) is 1. The molecule has 13 heavy (non-hydrogen) atoms. The SMILES string of the molecule is Fc1cnc2[nH]c(C3CC3)cc2c1. The van der Waals surface area contributed by atoms with Crippen LogP contribution < -0.4 is 0 Å². The summed E-state index contributed by atoms with van der Waals surface area (Å²) < 4.78 is 12.8. The molecule has 1 saturated carbocycles. The van der Waals surface area contributed by atoms with Crippen molar-refractivity contribution in [1.82, 2.24) is 9.97 Å². The van der Waals surface area contributed by atoms with Gasteiger partial charge in [0, 0.05) is 11.1 Å². The first kappa shape index (κ1) is 7.06. The Balaban J connectivity index is 2.20. The number of aromatic amines is 1. The summed E-state index contributed by atoms with van der Waals surface area (Å²) in [6.45, 7) is 0. The van der Waals surface area contributed by atoms with Crippen LogP contribution in [0.4, 0.5) is 4.39 Å². The predicted octanol–water partition coefficient (Wildman–Crippen LogP) is 2.58. The highest BCUT2D eigenvalue weighted by Gasteiger charge is 2.25. The molecule has 0 saturated heterocycles. The molecule has 2 nitrogen and oxygen atoms in total. The van der Waals surface area contributed by atoms with Gasteiger partial charge < -0.3 is 4.98 Å². The van der Waals surface area contributed by atoms with E-state index in [0.29, 0.717) is 5.92 Å². The molecule has 0 aliphatic heterocycles. The van der Waals surface area contributed by atoms with Crippen LogP contribution in [0, 0.1) is 5.82 Å². The highest BCUT2D eigenvalue weighted by Crippen LogP contribution is 2.40. The molecule has 3 heteroatoms. The number of hydrogen-bond donors (Lipinski definition) is 1. The van der Waals surface area contributed by atoms with Crippen molar-refractivity contribution in [3.8, 4) is 0 Å². The highest BCUT2D eigenvalue weighted by molar-refractivity contribution is 5.76. The molecular weight excluding hydrogens is 167 g/mol. The maximum atomic E-state index is 12.8. The van der Waals surface area contributed by atoms with Gasteiger partial charge in [0.05, 0.1) is 6.20 Å². The maximum Gasteiger partial charge on any atom is 0.142 e. The number of aromatic nitrogens is 2. The highest BCUT2D eigenvalue weighted by atomic mass is 19.1. The molecule has 66 valence electrons. The maximum absolute atomic E-state index is 12.8. The van der Waals surface area contributed by atoms with Gasteiger partial charge in [0.1, 0.15) is 11.5 Å². The molecule has 1 fully saturated rings. The predicted molar refractivity (Wildman–Crippen MR) is 48.0 cm³/mol. The summed E-state index contributed by atoms with van der Waals surface area (Å²) in [4.78, 5) is 7.19. The van der Waals surface area contributed by atoms with E-state index in [4.69, 9.17) is 0 Å². The lowest BCUT2D eigenvalue weighted by molar-refractivity contribution is 0.624. The Bertz CT molecular complexity index is 457. The van der Waals surface area contributed by atoms with Crippen LogP contribution in [0.1, 0.15) is 24.5 Å². The summed E-state index contributed by atoms with van der Waals surface area (Å²) in [5.41, 5.74) is 2.00. The zero-order valence-electron chi connectivity index (χ0n) is 7.05. The van der Waals surface area contributed by atoms with Crippen molar-refractivity contribution in [2.24, 2.45) is 0 Å². The number of rotatable bonds is 1. The second-order valence-corrected chi connectivity index (χ2v) is 3.59. The first-order valence-electron chi connectivity index (χ1n) is 4.47. The number of nitrogens with one attached hydrogen (secondary N) is 1. The van der Waals surface area contributed by atoms with Gasteiger partial charge in [-0.2, -0.15) is 0 Å². The molecule has 0 aromatic carbocycles. The molecule has 0 bridgehead atoms. The number of hydrogen-bond acceptors (Lipinski definition) is 1.